The van der Waals surface area contributed by atoms with Gasteiger partial charge in [0.1, 0.15) is 11.4 Å². The van der Waals surface area contributed by atoms with Crippen molar-refractivity contribution < 1.29 is 23.7 Å². The van der Waals surface area contributed by atoms with Gasteiger partial charge in [0.25, 0.3) is 5.91 Å². The van der Waals surface area contributed by atoms with E-state index in [0.717, 1.165) is 23.4 Å². The molecular formula is C26H24Cl2N6O5S. The molecule has 0 unspecified atom stereocenters. The molecule has 0 aliphatic carbocycles. The number of nitrogens with one attached hydrogen (secondary N) is 1. The van der Waals surface area contributed by atoms with E-state index in [-0.39, 0.29) is 24.1 Å². The third-order valence-corrected chi connectivity index (χ3v) is 7.98. The van der Waals surface area contributed by atoms with Crippen LogP contribution in [-0.2, 0) is 19.2 Å². The first kappa shape index (κ1) is 27.8. The molecule has 0 atom stereocenters. The highest BCUT2D eigenvalue weighted by Gasteiger charge is 2.30. The topological polar surface area (TPSA) is 136 Å². The molecule has 208 valence electrons. The summed E-state index contributed by atoms with van der Waals surface area (Å²) in [4.78, 5) is 36.5. The average Bonchev–Trinajstić information content (AvgIpc) is 3.75. The number of hydrogen-bond donors (Lipinski definition) is 1. The van der Waals surface area contributed by atoms with Gasteiger partial charge >= 0.3 is 5.97 Å². The van der Waals surface area contributed by atoms with Crippen molar-refractivity contribution in [3.63, 3.8) is 0 Å². The van der Waals surface area contributed by atoms with E-state index in [4.69, 9.17) is 42.3 Å². The van der Waals surface area contributed by atoms with Crippen molar-refractivity contribution in [2.24, 2.45) is 5.16 Å². The van der Waals surface area contributed by atoms with Crippen molar-refractivity contribution >= 4 is 52.1 Å². The third-order valence-electron chi connectivity index (χ3n) is 6.23. The van der Waals surface area contributed by atoms with Crippen LogP contribution < -0.4 is 0 Å². The summed E-state index contributed by atoms with van der Waals surface area (Å²) in [6, 6.07) is 8.71. The normalized spacial score (nSPS) is 14.4. The molecule has 1 saturated heterocycles. The smallest absolute Gasteiger partial charge is 0.347 e. The van der Waals surface area contributed by atoms with Crippen LogP contribution in [0.25, 0.3) is 22.7 Å². The molecule has 11 nitrogen and oxygen atoms in total. The van der Waals surface area contributed by atoms with Crippen molar-refractivity contribution in [1.82, 2.24) is 25.2 Å². The lowest BCUT2D eigenvalue weighted by Crippen LogP contribution is -2.42. The first-order valence-electron chi connectivity index (χ1n) is 12.5. The van der Waals surface area contributed by atoms with Crippen LogP contribution in [0.15, 0.2) is 51.6 Å². The lowest BCUT2D eigenvalue weighted by molar-refractivity contribution is -0.148. The minimum atomic E-state index is -0.567. The van der Waals surface area contributed by atoms with Gasteiger partial charge in [0.15, 0.2) is 11.5 Å². The first-order valence-corrected chi connectivity index (χ1v) is 14.1. The fraction of sp³-hybridized carbons (Fsp3) is 0.308. The number of hydrogen-bond acceptors (Lipinski definition) is 10. The molecule has 1 fully saturated rings. The van der Waals surface area contributed by atoms with E-state index in [1.165, 1.54) is 6.20 Å². The van der Waals surface area contributed by atoms with Crippen LogP contribution in [0.3, 0.4) is 0 Å². The number of esters is 1. The van der Waals surface area contributed by atoms with Crippen LogP contribution >= 0.6 is 34.5 Å². The summed E-state index contributed by atoms with van der Waals surface area (Å²) in [5.74, 6) is -0.141. The van der Waals surface area contributed by atoms with Gasteiger partial charge in [0, 0.05) is 42.2 Å². The monoisotopic (exact) mass is 602 g/mol. The molecule has 1 aliphatic heterocycles. The second-order valence-electron chi connectivity index (χ2n) is 8.83. The van der Waals surface area contributed by atoms with Crippen LogP contribution in [0.4, 0.5) is 0 Å². The molecule has 0 radical (unpaired) electrons. The number of ether oxygens (including phenoxy) is 1. The molecule has 0 spiro atoms. The van der Waals surface area contributed by atoms with Gasteiger partial charge in [0.05, 0.1) is 27.4 Å². The summed E-state index contributed by atoms with van der Waals surface area (Å²) in [7, 11) is 0. The van der Waals surface area contributed by atoms with Crippen LogP contribution in [0, 0.1) is 0 Å². The van der Waals surface area contributed by atoms with Crippen molar-refractivity contribution in [1.29, 1.82) is 0 Å². The maximum absolute atomic E-state index is 13.3. The minimum absolute atomic E-state index is 0.0416. The Labute approximate surface area is 243 Å². The summed E-state index contributed by atoms with van der Waals surface area (Å²) in [5, 5.41) is 18.5. The van der Waals surface area contributed by atoms with Crippen LogP contribution in [0.1, 0.15) is 36.4 Å². The molecule has 1 aromatic carbocycles. The summed E-state index contributed by atoms with van der Waals surface area (Å²) >= 11 is 13.7. The van der Waals surface area contributed by atoms with E-state index in [0.29, 0.717) is 46.0 Å². The third kappa shape index (κ3) is 6.35. The quantitative estimate of drug-likeness (QED) is 0.157. The summed E-state index contributed by atoms with van der Waals surface area (Å²) in [5.41, 5.74) is 2.56. The molecule has 4 heterocycles. The predicted molar refractivity (Wildman–Crippen MR) is 149 cm³/mol. The van der Waals surface area contributed by atoms with E-state index in [1.54, 1.807) is 41.4 Å². The Morgan fingerprint density at radius 3 is 2.73 bits per heavy atom. The number of benzene rings is 1. The number of nitrogens with zero attached hydrogens (tertiary/aromatic N) is 5. The van der Waals surface area contributed by atoms with Gasteiger partial charge in [-0.15, -0.1) is 11.3 Å². The number of aromatic nitrogens is 4. The van der Waals surface area contributed by atoms with E-state index in [9.17, 15) is 9.59 Å². The molecule has 0 bridgehead atoms. The number of H-pyrrole nitrogens is 1. The predicted octanol–water partition coefficient (Wildman–Crippen LogP) is 5.19. The Morgan fingerprint density at radius 1 is 1.18 bits per heavy atom. The van der Waals surface area contributed by atoms with E-state index < -0.39 is 12.6 Å². The number of oxime groups is 1. The number of rotatable bonds is 9. The standard InChI is InChI=1S/C26H24Cl2N6O5S/c1-2-37-23(35)13-38-33-24(19-5-8-29-31-19)26(36)34-9-6-15(7-10-34)25-30-21(14-40-25)22-12-20(32-39-22)16-3-4-17(27)18(28)11-16/h3-5,8,11-12,14-15H,2,6-7,9-10,13H2,1H3,(H,29,31)/b33-24+. The average molecular weight is 603 g/mol. The van der Waals surface area contributed by atoms with E-state index in [1.807, 2.05) is 17.5 Å². The van der Waals surface area contributed by atoms with Gasteiger partial charge in [0.2, 0.25) is 6.61 Å². The zero-order valence-electron chi connectivity index (χ0n) is 21.3. The number of likely N-dealkylation sites (tertiary alicyclic amines) is 1. The SMILES string of the molecule is CCOC(=O)CO/N=C(/C(=O)N1CCC(c2nc(-c3cc(-c4ccc(Cl)c(Cl)c4)no3)cs2)CC1)c1ccn[nH]1. The number of carbonyl (C=O) groups is 2. The molecule has 3 aromatic heterocycles. The number of thiazole rings is 1. The Hall–Kier alpha value is -3.74. The van der Waals surface area contributed by atoms with Crippen molar-refractivity contribution in [3.8, 4) is 22.7 Å². The summed E-state index contributed by atoms with van der Waals surface area (Å²) in [6.45, 7) is 2.54. The number of piperidine rings is 1. The molecule has 40 heavy (non-hydrogen) atoms. The fourth-order valence-corrected chi connectivity index (χ4v) is 5.48. The van der Waals surface area contributed by atoms with Gasteiger partial charge < -0.3 is 19.0 Å². The van der Waals surface area contributed by atoms with Crippen LogP contribution in [-0.4, -0.2) is 69.1 Å². The minimum Gasteiger partial charge on any atom is -0.463 e. The summed E-state index contributed by atoms with van der Waals surface area (Å²) in [6.07, 6.45) is 2.96. The fourth-order valence-electron chi connectivity index (χ4n) is 4.20. The zero-order valence-corrected chi connectivity index (χ0v) is 23.6. The number of halogens is 2. The molecular weight excluding hydrogens is 579 g/mol. The zero-order chi connectivity index (χ0) is 28.1. The maximum Gasteiger partial charge on any atom is 0.347 e. The van der Waals surface area contributed by atoms with Gasteiger partial charge in [-0.25, -0.2) is 9.78 Å². The maximum atomic E-state index is 13.3. The molecule has 4 aromatic rings. The van der Waals surface area contributed by atoms with Crippen molar-refractivity contribution in [3.05, 3.63) is 62.7 Å². The largest absolute Gasteiger partial charge is 0.463 e. The molecule has 0 saturated carbocycles. The molecule has 1 amide bonds. The molecule has 14 heteroatoms. The molecule has 1 N–H and O–H groups in total. The second-order valence-corrected chi connectivity index (χ2v) is 10.5. The molecule has 5 rings (SSSR count). The van der Waals surface area contributed by atoms with Crippen molar-refractivity contribution in [2.75, 3.05) is 26.3 Å². The highest BCUT2D eigenvalue weighted by Crippen LogP contribution is 2.35. The van der Waals surface area contributed by atoms with Crippen LogP contribution in [0.2, 0.25) is 10.0 Å². The highest BCUT2D eigenvalue weighted by molar-refractivity contribution is 7.10. The van der Waals surface area contributed by atoms with E-state index in [2.05, 4.69) is 20.5 Å². The summed E-state index contributed by atoms with van der Waals surface area (Å²) < 4.78 is 10.4. The van der Waals surface area contributed by atoms with E-state index >= 15 is 0 Å². The molecule has 1 aliphatic rings. The number of aromatic amines is 1. The Morgan fingerprint density at radius 2 is 2.00 bits per heavy atom. The first-order chi connectivity index (χ1) is 19.4. The van der Waals surface area contributed by atoms with Gasteiger partial charge in [-0.2, -0.15) is 5.10 Å². The highest BCUT2D eigenvalue weighted by atomic mass is 35.5. The lowest BCUT2D eigenvalue weighted by atomic mass is 9.97. The Balaban J connectivity index is 1.21. The second kappa shape index (κ2) is 12.6. The van der Waals surface area contributed by atoms with Gasteiger partial charge in [-0.1, -0.05) is 39.6 Å². The Bertz CT molecular complexity index is 1510. The van der Waals surface area contributed by atoms with Gasteiger partial charge in [-0.3, -0.25) is 9.89 Å². The lowest BCUT2D eigenvalue weighted by Gasteiger charge is -2.31. The van der Waals surface area contributed by atoms with Crippen molar-refractivity contribution in [2.45, 2.75) is 25.7 Å². The Kier molecular flexibility index (Phi) is 8.78. The number of amides is 1. The van der Waals surface area contributed by atoms with Gasteiger partial charge in [-0.05, 0) is 38.0 Å². The number of carbonyl (C=O) groups excluding carboxylic acids is 2. The van der Waals surface area contributed by atoms with Crippen LogP contribution in [0.5, 0.6) is 0 Å².